The molecule has 1 aromatic heterocycles. The number of halogens is 1. The highest BCUT2D eigenvalue weighted by Gasteiger charge is 2.05. The van der Waals surface area contributed by atoms with E-state index in [0.29, 0.717) is 5.56 Å². The Kier molecular flexibility index (Phi) is 7.46. The summed E-state index contributed by atoms with van der Waals surface area (Å²) in [7, 11) is 0. The number of benzene rings is 1. The summed E-state index contributed by atoms with van der Waals surface area (Å²) >= 11 is 3.13. The summed E-state index contributed by atoms with van der Waals surface area (Å²) in [6, 6.07) is 7.74. The van der Waals surface area contributed by atoms with Gasteiger partial charge in [-0.1, -0.05) is 33.7 Å². The zero-order valence-corrected chi connectivity index (χ0v) is 14.5. The van der Waals surface area contributed by atoms with E-state index >= 15 is 0 Å². The van der Waals surface area contributed by atoms with Crippen LogP contribution in [0.15, 0.2) is 59.9 Å². The highest BCUT2D eigenvalue weighted by atomic mass is 79.9. The Bertz CT molecular complexity index is 698. The van der Waals surface area contributed by atoms with Crippen LogP contribution in [-0.4, -0.2) is 15.7 Å². The fourth-order valence-electron chi connectivity index (χ4n) is 1.91. The Morgan fingerprint density at radius 1 is 1.41 bits per heavy atom. The van der Waals surface area contributed by atoms with Gasteiger partial charge >= 0.3 is 0 Å². The fourth-order valence-corrected chi connectivity index (χ4v) is 1.91. The number of alkyl halides is 1. The minimum atomic E-state index is -0.00529. The standard InChI is InChI=1S/C14H16N4.C3H5Br/c1-3-10(2)9-18-7-6-11-8-12(14(15)17-16)4-5-13(11)18;1-2-3-4/h3-8,15-16H,9H2,1-2H3;2H,1,3H2/b10-3+,15-14?,17-16?;. The number of nitrogens with zero attached hydrogens (tertiary/aromatic N) is 2. The van der Waals surface area contributed by atoms with Crippen LogP contribution < -0.4 is 0 Å². The highest BCUT2D eigenvalue weighted by molar-refractivity contribution is 9.09. The number of rotatable bonds is 4. The van der Waals surface area contributed by atoms with Gasteiger partial charge in [-0.05, 0) is 38.1 Å². The molecule has 0 aliphatic rings. The molecule has 0 unspecified atom stereocenters. The number of hydrogen-bond acceptors (Lipinski definition) is 2. The summed E-state index contributed by atoms with van der Waals surface area (Å²) in [6.45, 7) is 8.45. The maximum Gasteiger partial charge on any atom is 0.173 e. The van der Waals surface area contributed by atoms with Gasteiger partial charge < -0.3 is 4.57 Å². The molecule has 0 fully saturated rings. The predicted molar refractivity (Wildman–Crippen MR) is 97.3 cm³/mol. The molecule has 4 nitrogen and oxygen atoms in total. The van der Waals surface area contributed by atoms with Crippen LogP contribution in [0.4, 0.5) is 0 Å². The van der Waals surface area contributed by atoms with E-state index in [-0.39, 0.29) is 5.84 Å². The van der Waals surface area contributed by atoms with Crippen molar-refractivity contribution in [1.29, 1.82) is 10.9 Å². The molecule has 22 heavy (non-hydrogen) atoms. The first-order chi connectivity index (χ1) is 10.6. The van der Waals surface area contributed by atoms with Crippen molar-refractivity contribution >= 4 is 32.7 Å². The topological polar surface area (TPSA) is 65.0 Å². The van der Waals surface area contributed by atoms with Crippen molar-refractivity contribution in [1.82, 2.24) is 4.57 Å². The first kappa shape index (κ1) is 18.0. The molecule has 0 aliphatic carbocycles. The first-order valence-electron chi connectivity index (χ1n) is 6.91. The fraction of sp³-hybridized carbons (Fsp3) is 0.235. The molecule has 0 bridgehead atoms. The number of amidine groups is 1. The Hall–Kier alpha value is -2.01. The molecule has 5 heteroatoms. The number of fused-ring (bicyclic) bond motifs is 1. The van der Waals surface area contributed by atoms with Crippen LogP contribution >= 0.6 is 15.9 Å². The summed E-state index contributed by atoms with van der Waals surface area (Å²) in [5.41, 5.74) is 9.99. The third kappa shape index (κ3) is 4.77. The number of hydrogen-bond donors (Lipinski definition) is 2. The SMILES string of the molecule is C/C=C(\C)Cn1ccc2cc(C(=N)N=N)ccc21.C=CCBr. The van der Waals surface area contributed by atoms with E-state index in [4.69, 9.17) is 10.9 Å². The van der Waals surface area contributed by atoms with Crippen LogP contribution in [0.5, 0.6) is 0 Å². The second-order valence-electron chi connectivity index (χ2n) is 4.76. The second-order valence-corrected chi connectivity index (χ2v) is 5.40. The molecule has 0 aliphatic heterocycles. The van der Waals surface area contributed by atoms with Crippen LogP contribution in [0.25, 0.3) is 10.9 Å². The largest absolute Gasteiger partial charge is 0.343 e. The van der Waals surface area contributed by atoms with Gasteiger partial charge in [0.1, 0.15) is 0 Å². The van der Waals surface area contributed by atoms with Crippen LogP contribution in [0.3, 0.4) is 0 Å². The average molecular weight is 361 g/mol. The molecule has 116 valence electrons. The van der Waals surface area contributed by atoms with Gasteiger partial charge in [-0.15, -0.1) is 11.7 Å². The summed E-state index contributed by atoms with van der Waals surface area (Å²) in [4.78, 5) is 0. The van der Waals surface area contributed by atoms with Gasteiger partial charge in [-0.3, -0.25) is 5.41 Å². The molecule has 2 rings (SSSR count). The van der Waals surface area contributed by atoms with Gasteiger partial charge in [0, 0.05) is 34.5 Å². The Labute approximate surface area is 139 Å². The third-order valence-corrected chi connectivity index (χ3v) is 3.64. The van der Waals surface area contributed by atoms with Crippen molar-refractivity contribution in [3.8, 4) is 0 Å². The molecule has 0 saturated heterocycles. The van der Waals surface area contributed by atoms with Crippen molar-refractivity contribution in [3.05, 3.63) is 60.3 Å². The van der Waals surface area contributed by atoms with Crippen molar-refractivity contribution in [2.75, 3.05) is 5.33 Å². The van der Waals surface area contributed by atoms with Gasteiger partial charge in [0.05, 0.1) is 0 Å². The van der Waals surface area contributed by atoms with E-state index in [9.17, 15) is 0 Å². The van der Waals surface area contributed by atoms with E-state index in [1.807, 2.05) is 37.4 Å². The molecule has 1 aromatic carbocycles. The van der Waals surface area contributed by atoms with Gasteiger partial charge in [-0.25, -0.2) is 5.53 Å². The Morgan fingerprint density at radius 3 is 2.64 bits per heavy atom. The van der Waals surface area contributed by atoms with Gasteiger partial charge in [0.25, 0.3) is 0 Å². The molecule has 0 atom stereocenters. The quantitative estimate of drug-likeness (QED) is 0.236. The zero-order chi connectivity index (χ0) is 16.5. The van der Waals surface area contributed by atoms with E-state index in [0.717, 1.165) is 22.8 Å². The predicted octanol–water partition coefficient (Wildman–Crippen LogP) is 5.53. The molecule has 1 heterocycles. The Morgan fingerprint density at radius 2 is 2.09 bits per heavy atom. The summed E-state index contributed by atoms with van der Waals surface area (Å²) < 4.78 is 2.18. The van der Waals surface area contributed by atoms with Crippen LogP contribution in [0.1, 0.15) is 19.4 Å². The van der Waals surface area contributed by atoms with Crippen LogP contribution in [0, 0.1) is 10.9 Å². The van der Waals surface area contributed by atoms with E-state index in [2.05, 4.69) is 45.2 Å². The Balaban J connectivity index is 0.000000541. The lowest BCUT2D eigenvalue weighted by Gasteiger charge is -2.06. The summed E-state index contributed by atoms with van der Waals surface area (Å²) in [6.07, 6.45) is 5.94. The van der Waals surface area contributed by atoms with Gasteiger partial charge in [0.2, 0.25) is 0 Å². The minimum absolute atomic E-state index is 0.00529. The molecular weight excluding hydrogens is 340 g/mol. The highest BCUT2D eigenvalue weighted by Crippen LogP contribution is 2.19. The number of aromatic nitrogens is 1. The number of allylic oxidation sites excluding steroid dienone is 3. The van der Waals surface area contributed by atoms with Crippen molar-refractivity contribution in [2.45, 2.75) is 20.4 Å². The molecule has 0 saturated carbocycles. The number of nitrogens with one attached hydrogen (secondary N) is 2. The van der Waals surface area contributed by atoms with Gasteiger partial charge in [-0.2, -0.15) is 0 Å². The van der Waals surface area contributed by atoms with Crippen molar-refractivity contribution in [2.24, 2.45) is 5.11 Å². The van der Waals surface area contributed by atoms with E-state index in [1.165, 1.54) is 5.57 Å². The van der Waals surface area contributed by atoms with Crippen LogP contribution in [-0.2, 0) is 6.54 Å². The molecule has 0 amide bonds. The van der Waals surface area contributed by atoms with Crippen molar-refractivity contribution < 1.29 is 0 Å². The maximum atomic E-state index is 7.53. The van der Waals surface area contributed by atoms with E-state index < -0.39 is 0 Å². The molecule has 0 spiro atoms. The normalized spacial score (nSPS) is 10.8. The lowest BCUT2D eigenvalue weighted by molar-refractivity contribution is 0.817. The lowest BCUT2D eigenvalue weighted by atomic mass is 10.1. The smallest absolute Gasteiger partial charge is 0.173 e. The second kappa shape index (κ2) is 9.10. The maximum absolute atomic E-state index is 7.53. The molecular formula is C17H21BrN4. The minimum Gasteiger partial charge on any atom is -0.343 e. The van der Waals surface area contributed by atoms with Gasteiger partial charge in [0.15, 0.2) is 5.84 Å². The summed E-state index contributed by atoms with van der Waals surface area (Å²) in [5, 5.41) is 12.7. The van der Waals surface area contributed by atoms with E-state index in [1.54, 1.807) is 6.08 Å². The molecule has 0 radical (unpaired) electrons. The molecule has 2 aromatic rings. The zero-order valence-electron chi connectivity index (χ0n) is 12.9. The lowest BCUT2D eigenvalue weighted by Crippen LogP contribution is -1.98. The molecule has 2 N–H and O–H groups in total. The van der Waals surface area contributed by atoms with Crippen LogP contribution in [0.2, 0.25) is 0 Å². The first-order valence-corrected chi connectivity index (χ1v) is 8.03. The summed E-state index contributed by atoms with van der Waals surface area (Å²) in [5.74, 6) is -0.00529. The van der Waals surface area contributed by atoms with Crippen molar-refractivity contribution in [3.63, 3.8) is 0 Å². The third-order valence-electron chi connectivity index (χ3n) is 3.18. The monoisotopic (exact) mass is 360 g/mol. The average Bonchev–Trinajstić information content (AvgIpc) is 2.96.